The quantitative estimate of drug-likeness (QED) is 0.238. The maximum Gasteiger partial charge on any atom is 0.136 e. The minimum absolute atomic E-state index is 0.641. The number of fused-ring (bicyclic) bond motifs is 7. The number of hydrogen-bond acceptors (Lipinski definition) is 2. The van der Waals surface area contributed by atoms with Crippen LogP contribution in [0.3, 0.4) is 0 Å². The Morgan fingerprint density at radius 3 is 2.19 bits per heavy atom. The Hall–Kier alpha value is -5.12. The first-order valence-electron chi connectivity index (χ1n) is 14.6. The van der Waals surface area contributed by atoms with Crippen molar-refractivity contribution < 1.29 is 4.42 Å². The van der Waals surface area contributed by atoms with Crippen LogP contribution in [-0.4, -0.2) is 4.57 Å². The van der Waals surface area contributed by atoms with E-state index in [1.165, 1.54) is 81.9 Å². The van der Waals surface area contributed by atoms with E-state index in [0.717, 1.165) is 17.7 Å². The molecular weight excluding hydrogens is 512 g/mol. The maximum absolute atomic E-state index is 7.40. The van der Waals surface area contributed by atoms with Gasteiger partial charge < -0.3 is 14.7 Å². The van der Waals surface area contributed by atoms with E-state index in [-0.39, 0.29) is 0 Å². The highest BCUT2D eigenvalue weighted by molar-refractivity contribution is 6.38. The second-order valence-corrected chi connectivity index (χ2v) is 12.0. The van der Waals surface area contributed by atoms with Crippen molar-refractivity contribution in [1.29, 1.82) is 0 Å². The summed E-state index contributed by atoms with van der Waals surface area (Å²) >= 11 is 0. The SMILES string of the molecule is CC1(N)c2ccccc2-c2cc3c4ccccc4c4cccc5oc6ccc7c(c6c54)c3c(c21)n7Cc1ccccc1. The summed E-state index contributed by atoms with van der Waals surface area (Å²) in [6.45, 7) is 2.93. The Morgan fingerprint density at radius 2 is 1.33 bits per heavy atom. The molecule has 10 rings (SSSR count). The molecule has 2 heterocycles. The summed E-state index contributed by atoms with van der Waals surface area (Å²) in [7, 11) is 0. The molecule has 1 aliphatic rings. The first-order chi connectivity index (χ1) is 20.6. The highest BCUT2D eigenvalue weighted by Crippen LogP contribution is 2.54. The Balaban J connectivity index is 1.57. The number of hydrogen-bond donors (Lipinski definition) is 1. The lowest BCUT2D eigenvalue weighted by molar-refractivity contribution is 0.622. The van der Waals surface area contributed by atoms with E-state index in [0.29, 0.717) is 0 Å². The number of nitrogens with zero attached hydrogens (tertiary/aromatic N) is 1. The van der Waals surface area contributed by atoms with Gasteiger partial charge in [0.25, 0.3) is 0 Å². The van der Waals surface area contributed by atoms with Crippen molar-refractivity contribution in [3.8, 4) is 11.1 Å². The number of furan rings is 1. The molecule has 1 unspecified atom stereocenters. The summed E-state index contributed by atoms with van der Waals surface area (Å²) in [5.74, 6) is 0. The molecule has 2 aromatic heterocycles. The van der Waals surface area contributed by atoms with Gasteiger partial charge in [0.2, 0.25) is 0 Å². The van der Waals surface area contributed by atoms with Gasteiger partial charge in [0, 0.05) is 33.7 Å². The zero-order valence-corrected chi connectivity index (χ0v) is 23.1. The van der Waals surface area contributed by atoms with Gasteiger partial charge in [0.15, 0.2) is 0 Å². The fraction of sp³-hybridized carbons (Fsp3) is 0.0769. The summed E-state index contributed by atoms with van der Waals surface area (Å²) in [6.07, 6.45) is 0. The summed E-state index contributed by atoms with van der Waals surface area (Å²) in [4.78, 5) is 0. The van der Waals surface area contributed by atoms with E-state index >= 15 is 0 Å². The molecule has 3 nitrogen and oxygen atoms in total. The van der Waals surface area contributed by atoms with Crippen LogP contribution in [0.2, 0.25) is 0 Å². The van der Waals surface area contributed by atoms with E-state index in [2.05, 4.69) is 127 Å². The van der Waals surface area contributed by atoms with Crippen LogP contribution in [0.25, 0.3) is 76.4 Å². The molecule has 198 valence electrons. The van der Waals surface area contributed by atoms with Crippen molar-refractivity contribution in [2.24, 2.45) is 5.73 Å². The summed E-state index contributed by atoms with van der Waals surface area (Å²) in [5, 5.41) is 9.83. The Bertz CT molecular complexity index is 2560. The molecule has 0 spiro atoms. The zero-order valence-electron chi connectivity index (χ0n) is 23.1. The minimum Gasteiger partial charge on any atom is -0.456 e. The lowest BCUT2D eigenvalue weighted by Crippen LogP contribution is -2.32. The van der Waals surface area contributed by atoms with Gasteiger partial charge in [-0.1, -0.05) is 91.0 Å². The van der Waals surface area contributed by atoms with Crippen LogP contribution in [-0.2, 0) is 12.1 Å². The van der Waals surface area contributed by atoms with Crippen molar-refractivity contribution >= 4 is 65.3 Å². The van der Waals surface area contributed by atoms with Gasteiger partial charge in [0.1, 0.15) is 11.2 Å². The van der Waals surface area contributed by atoms with Crippen molar-refractivity contribution in [2.75, 3.05) is 0 Å². The third-order valence-electron chi connectivity index (χ3n) is 9.74. The summed E-state index contributed by atoms with van der Waals surface area (Å²) in [6, 6.07) is 41.6. The van der Waals surface area contributed by atoms with Crippen LogP contribution in [0.4, 0.5) is 0 Å². The molecule has 7 aromatic carbocycles. The highest BCUT2D eigenvalue weighted by Gasteiger charge is 2.40. The predicted octanol–water partition coefficient (Wildman–Crippen LogP) is 9.69. The maximum atomic E-state index is 7.40. The Morgan fingerprint density at radius 1 is 0.619 bits per heavy atom. The van der Waals surface area contributed by atoms with Gasteiger partial charge in [-0.2, -0.15) is 0 Å². The van der Waals surface area contributed by atoms with Gasteiger partial charge in [0.05, 0.1) is 16.6 Å². The fourth-order valence-corrected chi connectivity index (χ4v) is 8.05. The first kappa shape index (κ1) is 22.6. The van der Waals surface area contributed by atoms with Crippen LogP contribution in [0.15, 0.2) is 120 Å². The molecular formula is C39H26N2O. The van der Waals surface area contributed by atoms with Gasteiger partial charge in [-0.15, -0.1) is 0 Å². The third kappa shape index (κ3) is 2.61. The first-order valence-corrected chi connectivity index (χ1v) is 14.6. The lowest BCUT2D eigenvalue weighted by Gasteiger charge is -2.24. The van der Waals surface area contributed by atoms with E-state index in [1.54, 1.807) is 0 Å². The van der Waals surface area contributed by atoms with E-state index in [1.807, 2.05) is 0 Å². The lowest BCUT2D eigenvalue weighted by atomic mass is 9.87. The van der Waals surface area contributed by atoms with Crippen LogP contribution in [0.1, 0.15) is 23.6 Å². The van der Waals surface area contributed by atoms with E-state index in [4.69, 9.17) is 10.2 Å². The molecule has 0 amide bonds. The molecule has 1 aliphatic carbocycles. The largest absolute Gasteiger partial charge is 0.456 e. The van der Waals surface area contributed by atoms with Gasteiger partial charge in [-0.25, -0.2) is 0 Å². The number of benzene rings is 6. The summed E-state index contributed by atoms with van der Waals surface area (Å²) in [5.41, 5.74) is 17.1. The molecule has 0 fully saturated rings. The zero-order chi connectivity index (χ0) is 27.7. The van der Waals surface area contributed by atoms with Crippen LogP contribution in [0.5, 0.6) is 0 Å². The fourth-order valence-electron chi connectivity index (χ4n) is 8.05. The second-order valence-electron chi connectivity index (χ2n) is 12.0. The van der Waals surface area contributed by atoms with E-state index in [9.17, 15) is 0 Å². The normalized spacial score (nSPS) is 16.5. The molecule has 0 saturated carbocycles. The van der Waals surface area contributed by atoms with Crippen molar-refractivity contribution in [1.82, 2.24) is 4.57 Å². The summed E-state index contributed by atoms with van der Waals surface area (Å²) < 4.78 is 9.09. The molecule has 9 aromatic rings. The number of nitrogens with two attached hydrogens (primary N) is 1. The molecule has 0 radical (unpaired) electrons. The van der Waals surface area contributed by atoms with Gasteiger partial charge in [-0.05, 0) is 75.0 Å². The molecule has 0 bridgehead atoms. The highest BCUT2D eigenvalue weighted by atomic mass is 16.3. The second kappa shape index (κ2) is 7.58. The number of aromatic nitrogens is 1. The predicted molar refractivity (Wildman–Crippen MR) is 175 cm³/mol. The van der Waals surface area contributed by atoms with Crippen molar-refractivity contribution in [2.45, 2.75) is 19.0 Å². The molecule has 1 atom stereocenters. The van der Waals surface area contributed by atoms with Crippen molar-refractivity contribution in [3.63, 3.8) is 0 Å². The van der Waals surface area contributed by atoms with Crippen molar-refractivity contribution in [3.05, 3.63) is 132 Å². The average Bonchev–Trinajstić information content (AvgIpc) is 3.63. The average molecular weight is 539 g/mol. The Labute approximate surface area is 241 Å². The standard InChI is InChI=1S/C39H26N2O/c1-39(40)29-16-8-7-14-25(29)28-20-27-24-13-6-5-12-23(24)26-15-9-17-31-33(26)36-32(42-31)19-18-30-35(36)34(27)38(37(28)39)41(30)21-22-10-3-2-4-11-22/h2-20H,21,40H2,1H3. The van der Waals surface area contributed by atoms with Gasteiger partial charge >= 0.3 is 0 Å². The smallest absolute Gasteiger partial charge is 0.136 e. The third-order valence-corrected chi connectivity index (χ3v) is 9.74. The number of rotatable bonds is 2. The van der Waals surface area contributed by atoms with Crippen LogP contribution < -0.4 is 5.73 Å². The minimum atomic E-state index is -0.641. The Kier molecular flexibility index (Phi) is 4.07. The molecule has 2 N–H and O–H groups in total. The monoisotopic (exact) mass is 538 g/mol. The molecule has 0 saturated heterocycles. The van der Waals surface area contributed by atoms with Crippen LogP contribution >= 0.6 is 0 Å². The molecule has 0 aliphatic heterocycles. The van der Waals surface area contributed by atoms with Gasteiger partial charge in [-0.3, -0.25) is 0 Å². The molecule has 3 heteroatoms. The topological polar surface area (TPSA) is 44.1 Å². The van der Waals surface area contributed by atoms with E-state index < -0.39 is 5.54 Å². The molecule has 42 heavy (non-hydrogen) atoms. The van der Waals surface area contributed by atoms with Crippen LogP contribution in [0, 0.1) is 0 Å².